The van der Waals surface area contributed by atoms with Crippen LogP contribution in [0.3, 0.4) is 0 Å². The first-order chi connectivity index (χ1) is 5.52. The predicted octanol–water partition coefficient (Wildman–Crippen LogP) is 1.21. The highest BCUT2D eigenvalue weighted by Crippen LogP contribution is 2.03. The Bertz CT molecular complexity index is 148. The molecule has 0 unspecified atom stereocenters. The van der Waals surface area contributed by atoms with E-state index in [4.69, 9.17) is 11.6 Å². The molecule has 0 N–H and O–H groups in total. The van der Waals surface area contributed by atoms with Crippen LogP contribution in [0.25, 0.3) is 0 Å². The summed E-state index contributed by atoms with van der Waals surface area (Å²) in [7, 11) is 5.47. The monoisotopic (exact) mass is 194 g/mol. The van der Waals surface area contributed by atoms with Crippen LogP contribution in [0.2, 0.25) is 0 Å². The van der Waals surface area contributed by atoms with E-state index in [1.54, 1.807) is 0 Å². The maximum atomic E-state index is 10.7. The smallest absolute Gasteiger partial charge is 0.305 e. The van der Waals surface area contributed by atoms with Crippen molar-refractivity contribution in [3.8, 4) is 0 Å². The van der Waals surface area contributed by atoms with Gasteiger partial charge in [-0.3, -0.25) is 4.79 Å². The van der Waals surface area contributed by atoms with Crippen molar-refractivity contribution < 1.29 is 14.0 Å². The highest BCUT2D eigenvalue weighted by molar-refractivity contribution is 6.16. The summed E-state index contributed by atoms with van der Waals surface area (Å²) < 4.78 is 5.25. The number of rotatable bonds is 5. The fraction of sp³-hybridized carbons (Fsp3) is 0.875. The first-order valence-corrected chi connectivity index (χ1v) is 4.50. The SMILES string of the molecule is COC(=O)CCC[N+](C)(C)CCl. The Hall–Kier alpha value is -0.280. The molecule has 4 heteroatoms. The van der Waals surface area contributed by atoms with Crippen LogP contribution in [-0.2, 0) is 9.53 Å². The number of hydrogen-bond donors (Lipinski definition) is 0. The Morgan fingerprint density at radius 3 is 2.50 bits per heavy atom. The summed E-state index contributed by atoms with van der Waals surface area (Å²) in [4.78, 5) is 10.7. The van der Waals surface area contributed by atoms with Gasteiger partial charge in [-0.25, -0.2) is 0 Å². The minimum Gasteiger partial charge on any atom is -0.469 e. The Balaban J connectivity index is 3.49. The number of esters is 1. The van der Waals surface area contributed by atoms with Gasteiger partial charge in [0.25, 0.3) is 0 Å². The van der Waals surface area contributed by atoms with Crippen LogP contribution in [0.4, 0.5) is 0 Å². The molecule has 72 valence electrons. The quantitative estimate of drug-likeness (QED) is 0.285. The van der Waals surface area contributed by atoms with Crippen molar-refractivity contribution in [2.24, 2.45) is 0 Å². The third-order valence-corrected chi connectivity index (χ3v) is 2.34. The van der Waals surface area contributed by atoms with Gasteiger partial charge in [-0.05, 0) is 0 Å². The largest absolute Gasteiger partial charge is 0.469 e. The van der Waals surface area contributed by atoms with Crippen LogP contribution < -0.4 is 0 Å². The zero-order valence-corrected chi connectivity index (χ0v) is 8.73. The molecule has 0 aromatic rings. The van der Waals surface area contributed by atoms with E-state index >= 15 is 0 Å². The summed E-state index contributed by atoms with van der Waals surface area (Å²) in [6.45, 7) is 0.901. The van der Waals surface area contributed by atoms with Gasteiger partial charge in [-0.15, -0.1) is 0 Å². The predicted molar refractivity (Wildman–Crippen MR) is 48.9 cm³/mol. The summed E-state index contributed by atoms with van der Waals surface area (Å²) in [6.07, 6.45) is 1.31. The standard InChI is InChI=1S/C8H17ClNO2/c1-10(2,7-9)6-4-5-8(11)12-3/h4-7H2,1-3H3/q+1. The number of halogens is 1. The maximum absolute atomic E-state index is 10.7. The highest BCUT2D eigenvalue weighted by Gasteiger charge is 2.13. The molecule has 0 aromatic carbocycles. The lowest BCUT2D eigenvalue weighted by atomic mass is 10.3. The van der Waals surface area contributed by atoms with Crippen LogP contribution >= 0.6 is 11.6 Å². The molecule has 0 heterocycles. The Morgan fingerprint density at radius 2 is 2.08 bits per heavy atom. The van der Waals surface area contributed by atoms with E-state index in [1.165, 1.54) is 7.11 Å². The van der Waals surface area contributed by atoms with Crippen molar-refractivity contribution in [1.82, 2.24) is 0 Å². The number of quaternary nitrogens is 1. The Kier molecular flexibility index (Phi) is 5.25. The van der Waals surface area contributed by atoms with E-state index in [0.29, 0.717) is 12.4 Å². The number of hydrogen-bond acceptors (Lipinski definition) is 2. The maximum Gasteiger partial charge on any atom is 0.305 e. The van der Waals surface area contributed by atoms with Gasteiger partial charge in [0, 0.05) is 6.42 Å². The third-order valence-electron chi connectivity index (χ3n) is 1.70. The topological polar surface area (TPSA) is 26.3 Å². The molecule has 0 aliphatic heterocycles. The van der Waals surface area contributed by atoms with Crippen LogP contribution in [-0.4, -0.2) is 44.2 Å². The molecule has 3 nitrogen and oxygen atoms in total. The van der Waals surface area contributed by atoms with Gasteiger partial charge < -0.3 is 9.22 Å². The first-order valence-electron chi connectivity index (χ1n) is 3.96. The molecule has 0 aliphatic carbocycles. The second-order valence-electron chi connectivity index (χ2n) is 3.46. The van der Waals surface area contributed by atoms with Crippen molar-refractivity contribution in [2.75, 3.05) is 33.8 Å². The summed E-state index contributed by atoms with van der Waals surface area (Å²) in [5, 5.41) is 0. The van der Waals surface area contributed by atoms with Gasteiger partial charge in [0.05, 0.1) is 34.2 Å². The normalized spacial score (nSPS) is 11.3. The molecule has 0 amide bonds. The van der Waals surface area contributed by atoms with Crippen molar-refractivity contribution >= 4 is 17.6 Å². The second kappa shape index (κ2) is 5.38. The van der Waals surface area contributed by atoms with Crippen molar-refractivity contribution in [2.45, 2.75) is 12.8 Å². The molecular formula is C8H17ClNO2+. The average molecular weight is 195 g/mol. The average Bonchev–Trinajstić information content (AvgIpc) is 2.04. The lowest BCUT2D eigenvalue weighted by Crippen LogP contribution is -2.39. The molecule has 0 radical (unpaired) electrons. The van der Waals surface area contributed by atoms with Gasteiger partial charge in [0.2, 0.25) is 0 Å². The molecule has 0 fully saturated rings. The third kappa shape index (κ3) is 5.38. The number of ether oxygens (including phenoxy) is 1. The first kappa shape index (κ1) is 11.7. The van der Waals surface area contributed by atoms with Crippen LogP contribution in [0.5, 0.6) is 0 Å². The number of alkyl halides is 1. The van der Waals surface area contributed by atoms with E-state index in [9.17, 15) is 4.79 Å². The molecule has 0 bridgehead atoms. The minimum atomic E-state index is -0.149. The summed E-state index contributed by atoms with van der Waals surface area (Å²) >= 11 is 5.70. The lowest BCUT2D eigenvalue weighted by Gasteiger charge is -2.26. The molecular weight excluding hydrogens is 178 g/mol. The molecule has 0 spiro atoms. The van der Waals surface area contributed by atoms with E-state index < -0.39 is 0 Å². The van der Waals surface area contributed by atoms with Crippen LogP contribution in [0.1, 0.15) is 12.8 Å². The van der Waals surface area contributed by atoms with Gasteiger partial charge in [0.1, 0.15) is 0 Å². The fourth-order valence-electron chi connectivity index (χ4n) is 0.813. The Morgan fingerprint density at radius 1 is 1.50 bits per heavy atom. The summed E-state index contributed by atoms with van der Waals surface area (Å²) in [5.41, 5.74) is 0. The fourth-order valence-corrected chi connectivity index (χ4v) is 0.933. The van der Waals surface area contributed by atoms with E-state index in [0.717, 1.165) is 17.4 Å². The van der Waals surface area contributed by atoms with Crippen LogP contribution in [0.15, 0.2) is 0 Å². The Labute approximate surface area is 78.8 Å². The van der Waals surface area contributed by atoms with Crippen molar-refractivity contribution in [3.05, 3.63) is 0 Å². The van der Waals surface area contributed by atoms with Gasteiger partial charge in [0.15, 0.2) is 6.00 Å². The molecule has 0 rings (SSSR count). The van der Waals surface area contributed by atoms with Gasteiger partial charge in [-0.1, -0.05) is 11.6 Å². The molecule has 0 saturated carbocycles. The molecule has 0 aromatic heterocycles. The van der Waals surface area contributed by atoms with Crippen molar-refractivity contribution in [1.29, 1.82) is 0 Å². The van der Waals surface area contributed by atoms with Gasteiger partial charge in [-0.2, -0.15) is 0 Å². The number of methoxy groups -OCH3 is 1. The lowest BCUT2D eigenvalue weighted by molar-refractivity contribution is -0.879. The van der Waals surface area contributed by atoms with Crippen LogP contribution in [0, 0.1) is 0 Å². The highest BCUT2D eigenvalue weighted by atomic mass is 35.5. The molecule has 0 atom stereocenters. The molecule has 12 heavy (non-hydrogen) atoms. The molecule has 0 saturated heterocycles. The number of carbonyl (C=O) groups is 1. The van der Waals surface area contributed by atoms with Gasteiger partial charge >= 0.3 is 5.97 Å². The minimum absolute atomic E-state index is 0.149. The molecule has 0 aliphatic rings. The zero-order valence-electron chi connectivity index (χ0n) is 7.97. The van der Waals surface area contributed by atoms with Crippen molar-refractivity contribution in [3.63, 3.8) is 0 Å². The second-order valence-corrected chi connectivity index (χ2v) is 3.70. The van der Waals surface area contributed by atoms with E-state index in [-0.39, 0.29) is 5.97 Å². The summed E-state index contributed by atoms with van der Waals surface area (Å²) in [6, 6.07) is 0.571. The summed E-state index contributed by atoms with van der Waals surface area (Å²) in [5.74, 6) is -0.149. The number of nitrogens with zero attached hydrogens (tertiary/aromatic N) is 1. The number of carbonyl (C=O) groups excluding carboxylic acids is 1. The van der Waals surface area contributed by atoms with E-state index in [2.05, 4.69) is 4.74 Å². The van der Waals surface area contributed by atoms with E-state index in [1.807, 2.05) is 14.1 Å². The zero-order chi connectivity index (χ0) is 9.61.